The molecule has 0 bridgehead atoms. The van der Waals surface area contributed by atoms with E-state index in [-0.39, 0.29) is 33.1 Å². The maximum Gasteiger partial charge on any atom is 0.254 e. The molecule has 0 aliphatic carbocycles. The fourth-order valence-electron chi connectivity index (χ4n) is 4.41. The van der Waals surface area contributed by atoms with Crippen LogP contribution in [0.2, 0.25) is 0 Å². The van der Waals surface area contributed by atoms with E-state index in [0.29, 0.717) is 29.1 Å². The normalized spacial score (nSPS) is 10.8. The summed E-state index contributed by atoms with van der Waals surface area (Å²) in [5, 5.41) is 23.1. The van der Waals surface area contributed by atoms with Crippen LogP contribution in [0.15, 0.2) is 54.0 Å². The number of thiophene rings is 1. The molecular weight excluding hydrogens is 540 g/mol. The van der Waals surface area contributed by atoms with E-state index < -0.39 is 0 Å². The molecule has 0 fully saturated rings. The van der Waals surface area contributed by atoms with Gasteiger partial charge in [-0.25, -0.2) is 4.98 Å². The van der Waals surface area contributed by atoms with Crippen LogP contribution < -0.4 is 20.5 Å². The van der Waals surface area contributed by atoms with E-state index in [1.165, 1.54) is 17.5 Å². The van der Waals surface area contributed by atoms with Gasteiger partial charge in [-0.15, -0.1) is 21.5 Å². The Hall–Kier alpha value is -4.48. The number of hydrogen-bond acceptors (Lipinski definition) is 9. The number of ether oxygens (including phenoxy) is 2. The van der Waals surface area contributed by atoms with Crippen LogP contribution in [-0.2, 0) is 13.2 Å². The minimum Gasteiger partial charge on any atom is -0.497 e. The van der Waals surface area contributed by atoms with Crippen molar-refractivity contribution in [3.8, 4) is 22.9 Å². The molecule has 0 atom stereocenters. The van der Waals surface area contributed by atoms with Crippen LogP contribution in [0.4, 0.5) is 5.82 Å². The van der Waals surface area contributed by atoms with Gasteiger partial charge < -0.3 is 30.2 Å². The van der Waals surface area contributed by atoms with E-state index in [9.17, 15) is 4.79 Å². The number of aliphatic hydroxyl groups is 1. The van der Waals surface area contributed by atoms with E-state index >= 15 is 0 Å². The molecule has 0 aliphatic rings. The van der Waals surface area contributed by atoms with Crippen molar-refractivity contribution < 1.29 is 19.4 Å². The summed E-state index contributed by atoms with van der Waals surface area (Å²) in [6.07, 6.45) is 1.46. The molecule has 41 heavy (non-hydrogen) atoms. The number of benzene rings is 2. The van der Waals surface area contributed by atoms with Crippen molar-refractivity contribution >= 4 is 33.1 Å². The van der Waals surface area contributed by atoms with E-state index in [4.69, 9.17) is 20.3 Å². The summed E-state index contributed by atoms with van der Waals surface area (Å²) < 4.78 is 14.4. The van der Waals surface area contributed by atoms with Crippen LogP contribution in [0.5, 0.6) is 11.5 Å². The molecule has 1 amide bonds. The predicted molar refractivity (Wildman–Crippen MR) is 162 cm³/mol. The van der Waals surface area contributed by atoms with Crippen molar-refractivity contribution in [1.82, 2.24) is 25.1 Å². The van der Waals surface area contributed by atoms with Gasteiger partial charge in [0.05, 0.1) is 30.5 Å². The van der Waals surface area contributed by atoms with Crippen LogP contribution in [0.25, 0.3) is 21.5 Å². The quantitative estimate of drug-likeness (QED) is 0.217. The minimum atomic E-state index is -0.307. The van der Waals surface area contributed by atoms with Gasteiger partial charge in [-0.1, -0.05) is 31.7 Å². The zero-order chi connectivity index (χ0) is 28.2. The highest BCUT2D eigenvalue weighted by Crippen LogP contribution is 2.34. The number of pyridine rings is 1. The number of methoxy groups -OCH3 is 1. The third kappa shape index (κ3) is 6.16. The smallest absolute Gasteiger partial charge is 0.254 e. The summed E-state index contributed by atoms with van der Waals surface area (Å²) in [7, 11) is 1.65. The lowest BCUT2D eigenvalue weighted by atomic mass is 10.1. The molecule has 11 heteroatoms. The number of aliphatic hydroxyl groups excluding tert-OH is 1. The number of nitrogens with two attached hydrogens (primary N) is 1. The molecule has 5 rings (SSSR count). The van der Waals surface area contributed by atoms with Gasteiger partial charge in [-0.05, 0) is 48.6 Å². The molecule has 4 N–H and O–H groups in total. The van der Waals surface area contributed by atoms with Crippen LogP contribution in [0.3, 0.4) is 0 Å². The molecule has 0 aliphatic heterocycles. The largest absolute Gasteiger partial charge is 0.497 e. The number of nitrogens with one attached hydrogen (secondary N) is 1. The highest BCUT2D eigenvalue weighted by atomic mass is 32.1. The third-order valence-corrected chi connectivity index (χ3v) is 7.67. The van der Waals surface area contributed by atoms with Crippen molar-refractivity contribution in [3.05, 3.63) is 82.1 Å². The molecule has 3 aromatic heterocycles. The number of nitrogens with zero attached hydrogens (tertiary/aromatic N) is 4. The van der Waals surface area contributed by atoms with Gasteiger partial charge in [0.15, 0.2) is 5.82 Å². The van der Waals surface area contributed by atoms with Gasteiger partial charge in [-0.2, -0.15) is 0 Å². The zero-order valence-corrected chi connectivity index (χ0v) is 23.3. The predicted octanol–water partition coefficient (Wildman–Crippen LogP) is 4.75. The van der Waals surface area contributed by atoms with E-state index in [2.05, 4.69) is 25.1 Å². The van der Waals surface area contributed by atoms with E-state index in [1.807, 2.05) is 61.7 Å². The molecular formula is C30H34N6O4S. The second-order valence-electron chi connectivity index (χ2n) is 9.28. The average Bonchev–Trinajstić information content (AvgIpc) is 3.56. The number of fused-ring (bicyclic) bond motifs is 1. The Balaban J connectivity index is 0.00000387. The first-order chi connectivity index (χ1) is 19.4. The number of rotatable bonds is 10. The van der Waals surface area contributed by atoms with Crippen molar-refractivity contribution in [1.29, 1.82) is 0 Å². The number of aryl methyl sites for hydroxylation is 2. The first-order valence-electron chi connectivity index (χ1n) is 12.7. The van der Waals surface area contributed by atoms with Gasteiger partial charge in [0.1, 0.15) is 29.7 Å². The van der Waals surface area contributed by atoms with Crippen LogP contribution in [-0.4, -0.2) is 51.0 Å². The van der Waals surface area contributed by atoms with Crippen LogP contribution in [0, 0.1) is 13.8 Å². The zero-order valence-electron chi connectivity index (χ0n) is 22.5. The number of amides is 1. The highest BCUT2D eigenvalue weighted by molar-refractivity contribution is 7.17. The van der Waals surface area contributed by atoms with Crippen molar-refractivity contribution in [2.75, 3.05) is 26.0 Å². The number of nitrogen functional groups attached to an aromatic ring is 1. The lowest BCUT2D eigenvalue weighted by Crippen LogP contribution is -2.26. The van der Waals surface area contributed by atoms with Gasteiger partial charge in [0.2, 0.25) is 0 Å². The van der Waals surface area contributed by atoms with E-state index in [1.54, 1.807) is 7.11 Å². The summed E-state index contributed by atoms with van der Waals surface area (Å²) in [6, 6.07) is 13.9. The Morgan fingerprint density at radius 1 is 1.15 bits per heavy atom. The first kappa shape index (κ1) is 29.5. The number of hydrogen-bond donors (Lipinski definition) is 3. The molecule has 0 saturated carbocycles. The standard InChI is InChI=1S/C29H30N6O4S.CH4/c1-17-4-7-20(28-34-33-18(2)35(28)14-19-5-8-22(38-3)9-6-19)12-24(17)39-15-21-16-40-26-23(29(37)31-10-11-36)13-32-27(30)25(21)26;/h4-9,12-13,16,36H,10-11,14-15H2,1-3H3,(H2,30,32)(H,31,37);1H4. The average molecular weight is 575 g/mol. The lowest BCUT2D eigenvalue weighted by molar-refractivity contribution is 0.0946. The van der Waals surface area contributed by atoms with Gasteiger partial charge in [0, 0.05) is 29.3 Å². The third-order valence-electron chi connectivity index (χ3n) is 6.61. The summed E-state index contributed by atoms with van der Waals surface area (Å²) >= 11 is 1.41. The molecule has 3 heterocycles. The maximum atomic E-state index is 12.6. The van der Waals surface area contributed by atoms with Gasteiger partial charge in [-0.3, -0.25) is 4.79 Å². The van der Waals surface area contributed by atoms with Crippen molar-refractivity contribution in [3.63, 3.8) is 0 Å². The van der Waals surface area contributed by atoms with Crippen LogP contribution in [0.1, 0.15) is 40.3 Å². The summed E-state index contributed by atoms with van der Waals surface area (Å²) in [6.45, 7) is 4.80. The Morgan fingerprint density at radius 2 is 1.93 bits per heavy atom. The van der Waals surface area contributed by atoms with Gasteiger partial charge in [0.25, 0.3) is 5.91 Å². The minimum absolute atomic E-state index is 0. The van der Waals surface area contributed by atoms with Gasteiger partial charge >= 0.3 is 0 Å². The molecule has 214 valence electrons. The summed E-state index contributed by atoms with van der Waals surface area (Å²) in [5.41, 5.74) is 10.4. The van der Waals surface area contributed by atoms with E-state index in [0.717, 1.165) is 44.4 Å². The van der Waals surface area contributed by atoms with Crippen molar-refractivity contribution in [2.24, 2.45) is 0 Å². The van der Waals surface area contributed by atoms with Crippen molar-refractivity contribution in [2.45, 2.75) is 34.4 Å². The molecule has 0 unspecified atom stereocenters. The SMILES string of the molecule is C.COc1ccc(Cn2c(C)nnc2-c2ccc(C)c(OCc3csc4c(C(=O)NCCO)cnc(N)c34)c2)cc1. The second kappa shape index (κ2) is 12.8. The van der Waals surface area contributed by atoms with Crippen LogP contribution >= 0.6 is 11.3 Å². The molecule has 5 aromatic rings. The number of carbonyl (C=O) groups is 1. The Kier molecular flexibility index (Phi) is 9.21. The topological polar surface area (TPSA) is 137 Å². The number of anilines is 1. The Labute approximate surface area is 242 Å². The number of carbonyl (C=O) groups excluding carboxylic acids is 1. The Bertz CT molecular complexity index is 1660. The molecule has 0 radical (unpaired) electrons. The molecule has 2 aromatic carbocycles. The Morgan fingerprint density at radius 3 is 2.66 bits per heavy atom. The number of aromatic nitrogens is 4. The summed E-state index contributed by atoms with van der Waals surface area (Å²) in [5.74, 6) is 3.09. The molecule has 10 nitrogen and oxygen atoms in total. The second-order valence-corrected chi connectivity index (χ2v) is 10.2. The monoisotopic (exact) mass is 574 g/mol. The highest BCUT2D eigenvalue weighted by Gasteiger charge is 2.18. The molecule has 0 saturated heterocycles. The lowest BCUT2D eigenvalue weighted by Gasteiger charge is -2.13. The summed E-state index contributed by atoms with van der Waals surface area (Å²) in [4.78, 5) is 16.8. The fourth-order valence-corrected chi connectivity index (χ4v) is 5.48. The maximum absolute atomic E-state index is 12.6. The molecule has 0 spiro atoms. The fraction of sp³-hybridized carbons (Fsp3) is 0.267. The first-order valence-corrected chi connectivity index (χ1v) is 13.6.